The lowest BCUT2D eigenvalue weighted by molar-refractivity contribution is -0.325. The van der Waals surface area contributed by atoms with Gasteiger partial charge in [0.25, 0.3) is 0 Å². The van der Waals surface area contributed by atoms with Crippen LogP contribution in [0, 0.1) is 41.5 Å². The van der Waals surface area contributed by atoms with Gasteiger partial charge in [-0.1, -0.05) is 272 Å². The van der Waals surface area contributed by atoms with E-state index in [0.29, 0.717) is 0 Å². The minimum Gasteiger partial charge on any atom is -0.857 e. The molecule has 0 fully saturated rings. The van der Waals surface area contributed by atoms with Crippen molar-refractivity contribution >= 4 is 114 Å². The fourth-order valence-electron chi connectivity index (χ4n) is 10.4. The summed E-state index contributed by atoms with van der Waals surface area (Å²) in [5.41, 5.74) is 16.4. The van der Waals surface area contributed by atoms with Crippen LogP contribution < -0.4 is 69.7 Å². The van der Waals surface area contributed by atoms with Gasteiger partial charge in [-0.2, -0.15) is 7.11 Å². The summed E-state index contributed by atoms with van der Waals surface area (Å²) < 4.78 is 0. The molecule has 0 bridgehead atoms. The molecule has 0 amide bonds. The van der Waals surface area contributed by atoms with Crippen LogP contribution in [-0.2, 0) is 23.6 Å². The number of rotatable bonds is 4. The van der Waals surface area contributed by atoms with Crippen LogP contribution in [0.2, 0.25) is 0 Å². The zero-order valence-electron chi connectivity index (χ0n) is 37.6. The number of aryl methyl sites for hydroxylation is 6. The maximum atomic E-state index is 8.25. The van der Waals surface area contributed by atoms with Crippen LogP contribution in [-0.4, -0.2) is 20.5 Å². The molecule has 7 heteroatoms. The number of hydrogen-bond acceptors (Lipinski definition) is 3. The van der Waals surface area contributed by atoms with E-state index in [-0.39, 0.29) is 14.9 Å². The van der Waals surface area contributed by atoms with Gasteiger partial charge in [-0.05, 0) is 73.4 Å². The highest BCUT2D eigenvalue weighted by Gasteiger charge is 2.42. The molecular formula is C55H52B2OP2S2. The first kappa shape index (κ1) is 43.8. The molecule has 306 valence electrons. The fourth-order valence-corrected chi connectivity index (χ4v) is 19.4. The second-order valence-electron chi connectivity index (χ2n) is 16.6. The normalized spacial score (nSPS) is 13.8. The maximum Gasteiger partial charge on any atom is 1.00 e. The first-order valence-corrected chi connectivity index (χ1v) is 26.9. The molecule has 0 unspecified atom stereocenters. The van der Waals surface area contributed by atoms with Gasteiger partial charge >= 0.3 is 1.43 Å². The topological polar surface area (TPSA) is 23.1 Å². The monoisotopic (exact) mass is 876 g/mol. The van der Waals surface area contributed by atoms with Crippen molar-refractivity contribution in [1.82, 2.24) is 0 Å². The number of hydrogen-bond donors (Lipinski definition) is 0. The van der Waals surface area contributed by atoms with Crippen LogP contribution in [0.5, 0.6) is 0 Å². The van der Waals surface area contributed by atoms with Gasteiger partial charge in [-0.15, -0.1) is 0 Å². The molecule has 0 aromatic heterocycles. The van der Waals surface area contributed by atoms with Crippen molar-refractivity contribution in [1.29, 1.82) is 0 Å². The third-order valence-electron chi connectivity index (χ3n) is 12.6. The first-order chi connectivity index (χ1) is 30.0. The summed E-state index contributed by atoms with van der Waals surface area (Å²) in [4.78, 5) is 0. The van der Waals surface area contributed by atoms with Crippen LogP contribution >= 0.6 is 12.1 Å². The smallest absolute Gasteiger partial charge is 0.857 e. The van der Waals surface area contributed by atoms with Crippen LogP contribution in [0.4, 0.5) is 0 Å². The van der Waals surface area contributed by atoms with E-state index in [2.05, 4.69) is 224 Å². The second kappa shape index (κ2) is 18.1. The van der Waals surface area contributed by atoms with E-state index in [1.165, 1.54) is 98.0 Å². The highest BCUT2D eigenvalue weighted by molar-refractivity contribution is 8.26. The Hall–Kier alpha value is -4.85. The molecule has 2 aliphatic heterocycles. The molecule has 0 N–H and O–H groups in total. The molecule has 1 nitrogen and oxygen atoms in total. The predicted octanol–water partition coefficient (Wildman–Crippen LogP) is 5.48. The largest absolute Gasteiger partial charge is 1.00 e. The van der Waals surface area contributed by atoms with Crippen LogP contribution in [0.1, 0.15) is 34.8 Å². The van der Waals surface area contributed by atoms with Crippen LogP contribution in [0.3, 0.4) is 0 Å². The van der Waals surface area contributed by atoms with Crippen molar-refractivity contribution in [2.24, 2.45) is 0 Å². The lowest BCUT2D eigenvalue weighted by Gasteiger charge is -2.37. The SMILES string of the molecule is C[O-].Cc1cc(C)c(B2c3ccccc3P(=S)(c3ccccc3)c3ccccc32)c(C)c1.Cc1cc(C)c(B2c3ccccc3P(=S)(c3ccccc3)c3ccccc32)c(C)c1.[H+]. The summed E-state index contributed by atoms with van der Waals surface area (Å²) in [5, 5.41) is 16.2. The highest BCUT2D eigenvalue weighted by Crippen LogP contribution is 2.44. The van der Waals surface area contributed by atoms with E-state index in [1.54, 1.807) is 0 Å². The zero-order chi connectivity index (χ0) is 43.8. The van der Waals surface area contributed by atoms with Gasteiger partial charge in [0.15, 0.2) is 0 Å². The van der Waals surface area contributed by atoms with Gasteiger partial charge < -0.3 is 5.11 Å². The van der Waals surface area contributed by atoms with E-state index >= 15 is 0 Å². The first-order valence-electron chi connectivity index (χ1n) is 21.3. The Bertz CT molecular complexity index is 2690. The number of fused-ring (bicyclic) bond motifs is 4. The molecule has 0 aliphatic carbocycles. The summed E-state index contributed by atoms with van der Waals surface area (Å²) in [6.45, 7) is 13.8. The van der Waals surface area contributed by atoms with Crippen LogP contribution in [0.15, 0.2) is 182 Å². The zero-order valence-corrected chi connectivity index (χ0v) is 40.0. The predicted molar refractivity (Wildman–Crippen MR) is 283 cm³/mol. The molecule has 0 radical (unpaired) electrons. The standard InChI is InChI=1S/2C27H24BPS.CH3O/c2*1-19-17-20(2)27(21(3)18-19)28-23-13-7-9-15-25(23)29(30,22-11-5-4-6-12-22)26-16-10-8-14-24(26)28;1-2/h2*4-18H,1-3H3;1H3/q;;-1/p+1. The Morgan fingerprint density at radius 1 is 0.355 bits per heavy atom. The lowest BCUT2D eigenvalue weighted by Crippen LogP contribution is -2.66. The Labute approximate surface area is 382 Å². The molecule has 0 spiro atoms. The third kappa shape index (κ3) is 7.47. The Morgan fingerprint density at radius 2 is 0.581 bits per heavy atom. The minimum absolute atomic E-state index is 0. The molecule has 0 saturated carbocycles. The van der Waals surface area contributed by atoms with Crippen molar-refractivity contribution < 1.29 is 6.53 Å². The van der Waals surface area contributed by atoms with Crippen molar-refractivity contribution in [2.45, 2.75) is 41.5 Å². The fraction of sp³-hybridized carbons (Fsp3) is 0.127. The van der Waals surface area contributed by atoms with E-state index in [9.17, 15) is 0 Å². The van der Waals surface area contributed by atoms with E-state index in [4.69, 9.17) is 28.7 Å². The average molecular weight is 877 g/mol. The summed E-state index contributed by atoms with van der Waals surface area (Å²) in [5.74, 6) is 0. The van der Waals surface area contributed by atoms with Gasteiger partial charge in [0.1, 0.15) is 0 Å². The Morgan fingerprint density at radius 3 is 0.839 bits per heavy atom. The van der Waals surface area contributed by atoms with Gasteiger partial charge in [-0.25, -0.2) is 0 Å². The molecular weight excluding hydrogens is 824 g/mol. The van der Waals surface area contributed by atoms with E-state index in [0.717, 1.165) is 7.11 Å². The van der Waals surface area contributed by atoms with Crippen molar-refractivity contribution in [2.75, 3.05) is 7.11 Å². The molecule has 0 atom stereocenters. The molecule has 2 heterocycles. The van der Waals surface area contributed by atoms with E-state index in [1.807, 2.05) is 0 Å². The molecule has 8 aromatic rings. The van der Waals surface area contributed by atoms with Gasteiger partial charge in [0.05, 0.1) is 0 Å². The summed E-state index contributed by atoms with van der Waals surface area (Å²) >= 11 is 13.3. The van der Waals surface area contributed by atoms with Gasteiger partial charge in [-0.3, -0.25) is 0 Å². The summed E-state index contributed by atoms with van der Waals surface area (Å²) in [6, 6.07) is 62.2. The second-order valence-corrected chi connectivity index (χ2v) is 25.3. The van der Waals surface area contributed by atoms with Gasteiger partial charge in [0, 0.05) is 12.1 Å². The molecule has 8 aromatic carbocycles. The van der Waals surface area contributed by atoms with Crippen molar-refractivity contribution in [3.63, 3.8) is 0 Å². The maximum absolute atomic E-state index is 8.25. The lowest BCUT2D eigenvalue weighted by atomic mass is 9.35. The van der Waals surface area contributed by atoms with Crippen LogP contribution in [0.25, 0.3) is 0 Å². The minimum atomic E-state index is -2.11. The average Bonchev–Trinajstić information content (AvgIpc) is 3.29. The highest BCUT2D eigenvalue weighted by atomic mass is 32.4. The molecule has 62 heavy (non-hydrogen) atoms. The van der Waals surface area contributed by atoms with Crippen molar-refractivity contribution in [3.05, 3.63) is 215 Å². The number of benzene rings is 8. The Balaban J connectivity index is 0.000000179. The summed E-state index contributed by atoms with van der Waals surface area (Å²) in [6.07, 6.45) is 0. The summed E-state index contributed by atoms with van der Waals surface area (Å²) in [7, 11) is 0.750. The van der Waals surface area contributed by atoms with Gasteiger partial charge in [0.2, 0.25) is 13.4 Å². The third-order valence-corrected chi connectivity index (χ3v) is 22.7. The Kier molecular flexibility index (Phi) is 12.8. The quantitative estimate of drug-likeness (QED) is 0.173. The van der Waals surface area contributed by atoms with Crippen molar-refractivity contribution in [3.8, 4) is 0 Å². The molecule has 10 rings (SSSR count). The van der Waals surface area contributed by atoms with E-state index < -0.39 is 12.1 Å². The molecule has 0 saturated heterocycles. The molecule has 2 aliphatic rings.